The van der Waals surface area contributed by atoms with Crippen LogP contribution >= 0.6 is 0 Å². The molecule has 0 aliphatic heterocycles. The summed E-state index contributed by atoms with van der Waals surface area (Å²) in [5.41, 5.74) is 1.10. The number of benzene rings is 1. The molecule has 0 aliphatic carbocycles. The molecule has 1 amide bonds. The van der Waals surface area contributed by atoms with Crippen LogP contribution in [0.1, 0.15) is 29.5 Å². The topological polar surface area (TPSA) is 68.5 Å². The smallest absolute Gasteiger partial charge is 0.328 e. The third-order valence-corrected chi connectivity index (χ3v) is 3.19. The Morgan fingerprint density at radius 1 is 1.18 bits per heavy atom. The molecule has 0 radical (unpaired) electrons. The number of hydrogen-bond acceptors (Lipinski definition) is 4. The maximum Gasteiger partial charge on any atom is 0.328 e. The van der Waals surface area contributed by atoms with Crippen molar-refractivity contribution in [3.63, 3.8) is 0 Å². The molecule has 1 heterocycles. The number of nitrogens with one attached hydrogen (secondary N) is 1. The number of aryl methyl sites for hydroxylation is 1. The summed E-state index contributed by atoms with van der Waals surface area (Å²) >= 11 is 0. The Labute approximate surface area is 129 Å². The molecule has 0 fully saturated rings. The fourth-order valence-electron chi connectivity index (χ4n) is 2.08. The highest BCUT2D eigenvalue weighted by molar-refractivity contribution is 5.94. The third kappa shape index (κ3) is 4.48. The molecule has 0 saturated carbocycles. The van der Waals surface area contributed by atoms with E-state index in [1.165, 1.54) is 6.26 Å². The summed E-state index contributed by atoms with van der Waals surface area (Å²) < 4.78 is 10.1. The van der Waals surface area contributed by atoms with Crippen LogP contribution in [0.4, 0.5) is 0 Å². The number of carbonyl (C=O) groups excluding carboxylic acids is 2. The number of carbonyl (C=O) groups is 2. The second-order valence-electron chi connectivity index (χ2n) is 4.78. The van der Waals surface area contributed by atoms with Gasteiger partial charge in [-0.15, -0.1) is 0 Å². The van der Waals surface area contributed by atoms with Gasteiger partial charge in [0.1, 0.15) is 6.04 Å². The summed E-state index contributed by atoms with van der Waals surface area (Å²) in [6.07, 6.45) is 2.55. The second-order valence-corrected chi connectivity index (χ2v) is 4.78. The predicted octanol–water partition coefficient (Wildman–Crippen LogP) is 2.57. The van der Waals surface area contributed by atoms with E-state index in [4.69, 9.17) is 9.15 Å². The Balaban J connectivity index is 1.99. The van der Waals surface area contributed by atoms with E-state index in [2.05, 4.69) is 5.32 Å². The van der Waals surface area contributed by atoms with Crippen molar-refractivity contribution in [2.24, 2.45) is 0 Å². The Hall–Kier alpha value is -2.56. The summed E-state index contributed by atoms with van der Waals surface area (Å²) in [5, 5.41) is 2.67. The fourth-order valence-corrected chi connectivity index (χ4v) is 2.08. The van der Waals surface area contributed by atoms with Crippen LogP contribution < -0.4 is 5.32 Å². The van der Waals surface area contributed by atoms with E-state index in [9.17, 15) is 9.59 Å². The minimum absolute atomic E-state index is 0.175. The van der Waals surface area contributed by atoms with Gasteiger partial charge in [-0.2, -0.15) is 0 Å². The first-order valence-corrected chi connectivity index (χ1v) is 7.25. The average Bonchev–Trinajstić information content (AvgIpc) is 3.07. The Morgan fingerprint density at radius 2 is 1.95 bits per heavy atom. The molecule has 1 atom stereocenters. The zero-order chi connectivity index (χ0) is 15.8. The van der Waals surface area contributed by atoms with E-state index in [1.54, 1.807) is 19.1 Å². The Kier molecular flexibility index (Phi) is 5.77. The molecule has 0 spiro atoms. The van der Waals surface area contributed by atoms with Crippen molar-refractivity contribution in [3.05, 3.63) is 60.1 Å². The first-order valence-electron chi connectivity index (χ1n) is 7.25. The summed E-state index contributed by atoms with van der Waals surface area (Å²) in [6.45, 7) is 2.01. The largest absolute Gasteiger partial charge is 0.464 e. The van der Waals surface area contributed by atoms with E-state index in [0.29, 0.717) is 12.8 Å². The number of amides is 1. The van der Waals surface area contributed by atoms with E-state index in [-0.39, 0.29) is 12.4 Å². The highest BCUT2D eigenvalue weighted by Crippen LogP contribution is 2.08. The van der Waals surface area contributed by atoms with Crippen molar-refractivity contribution in [1.82, 2.24) is 5.32 Å². The zero-order valence-electron chi connectivity index (χ0n) is 12.5. The number of esters is 1. The van der Waals surface area contributed by atoms with E-state index < -0.39 is 17.9 Å². The van der Waals surface area contributed by atoms with Gasteiger partial charge in [-0.05, 0) is 37.5 Å². The molecule has 0 saturated heterocycles. The number of hydrogen-bond donors (Lipinski definition) is 1. The van der Waals surface area contributed by atoms with Crippen molar-refractivity contribution >= 4 is 11.9 Å². The highest BCUT2D eigenvalue weighted by Gasteiger charge is 2.23. The van der Waals surface area contributed by atoms with Gasteiger partial charge in [0.05, 0.1) is 12.9 Å². The van der Waals surface area contributed by atoms with Crippen LogP contribution in [0, 0.1) is 0 Å². The molecule has 5 nitrogen and oxygen atoms in total. The molecule has 1 aromatic carbocycles. The Bertz CT molecular complexity index is 592. The highest BCUT2D eigenvalue weighted by atomic mass is 16.5. The van der Waals surface area contributed by atoms with E-state index >= 15 is 0 Å². The van der Waals surface area contributed by atoms with Crippen molar-refractivity contribution in [3.8, 4) is 0 Å². The summed E-state index contributed by atoms with van der Waals surface area (Å²) in [6, 6.07) is 12.3. The first kappa shape index (κ1) is 15.8. The minimum atomic E-state index is -0.697. The molecule has 2 aromatic rings. The molecule has 0 unspecified atom stereocenters. The molecule has 22 heavy (non-hydrogen) atoms. The van der Waals surface area contributed by atoms with Gasteiger partial charge in [0.2, 0.25) is 0 Å². The molecule has 5 heteroatoms. The standard InChI is InChI=1S/C17H19NO4/c1-2-21-17(20)14(11-10-13-7-4-3-5-8-13)18-16(19)15-9-6-12-22-15/h3-9,12,14H,2,10-11H2,1H3,(H,18,19)/t14-/m1/s1. The Morgan fingerprint density at radius 3 is 2.59 bits per heavy atom. The van der Waals surface area contributed by atoms with Gasteiger partial charge in [-0.3, -0.25) is 4.79 Å². The lowest BCUT2D eigenvalue weighted by Crippen LogP contribution is -2.42. The summed E-state index contributed by atoms with van der Waals surface area (Å²) in [5.74, 6) is -0.677. The van der Waals surface area contributed by atoms with E-state index in [1.807, 2.05) is 30.3 Å². The van der Waals surface area contributed by atoms with Gasteiger partial charge in [-0.1, -0.05) is 30.3 Å². The average molecular weight is 301 g/mol. The molecule has 2 rings (SSSR count). The lowest BCUT2D eigenvalue weighted by Gasteiger charge is -2.16. The van der Waals surface area contributed by atoms with Gasteiger partial charge in [0, 0.05) is 0 Å². The van der Waals surface area contributed by atoms with Crippen molar-refractivity contribution in [1.29, 1.82) is 0 Å². The molecule has 0 bridgehead atoms. The molecular weight excluding hydrogens is 282 g/mol. The zero-order valence-corrected chi connectivity index (χ0v) is 12.5. The van der Waals surface area contributed by atoms with Crippen LogP contribution in [0.3, 0.4) is 0 Å². The number of furan rings is 1. The quantitative estimate of drug-likeness (QED) is 0.798. The lowest BCUT2D eigenvalue weighted by atomic mass is 10.1. The molecule has 1 aromatic heterocycles. The molecule has 0 aliphatic rings. The van der Waals surface area contributed by atoms with Crippen LogP contribution in [0.2, 0.25) is 0 Å². The summed E-state index contributed by atoms with van der Waals surface area (Å²) in [4.78, 5) is 24.0. The van der Waals surface area contributed by atoms with Gasteiger partial charge in [-0.25, -0.2) is 4.79 Å². The predicted molar refractivity (Wildman–Crippen MR) is 81.4 cm³/mol. The van der Waals surface area contributed by atoms with Crippen molar-refractivity contribution in [2.45, 2.75) is 25.8 Å². The minimum Gasteiger partial charge on any atom is -0.464 e. The first-order chi connectivity index (χ1) is 10.7. The van der Waals surface area contributed by atoms with Crippen LogP contribution in [0.5, 0.6) is 0 Å². The van der Waals surface area contributed by atoms with Crippen LogP contribution in [0.25, 0.3) is 0 Å². The third-order valence-electron chi connectivity index (χ3n) is 3.19. The second kappa shape index (κ2) is 8.02. The fraction of sp³-hybridized carbons (Fsp3) is 0.294. The molecular formula is C17H19NO4. The van der Waals surface area contributed by atoms with Crippen LogP contribution in [-0.4, -0.2) is 24.5 Å². The van der Waals surface area contributed by atoms with Gasteiger partial charge in [0.15, 0.2) is 5.76 Å². The summed E-state index contributed by atoms with van der Waals surface area (Å²) in [7, 11) is 0. The number of ether oxygens (including phenoxy) is 1. The lowest BCUT2D eigenvalue weighted by molar-refractivity contribution is -0.145. The van der Waals surface area contributed by atoms with Crippen molar-refractivity contribution < 1.29 is 18.7 Å². The molecule has 1 N–H and O–H groups in total. The number of rotatable bonds is 7. The molecule has 116 valence electrons. The van der Waals surface area contributed by atoms with E-state index in [0.717, 1.165) is 5.56 Å². The maximum atomic E-state index is 12.0. The van der Waals surface area contributed by atoms with Crippen LogP contribution in [0.15, 0.2) is 53.1 Å². The van der Waals surface area contributed by atoms with Gasteiger partial charge in [0.25, 0.3) is 5.91 Å². The van der Waals surface area contributed by atoms with Crippen molar-refractivity contribution in [2.75, 3.05) is 6.61 Å². The maximum absolute atomic E-state index is 12.0. The SMILES string of the molecule is CCOC(=O)[C@@H](CCc1ccccc1)NC(=O)c1ccco1. The normalized spacial score (nSPS) is 11.7. The monoisotopic (exact) mass is 301 g/mol. The van der Waals surface area contributed by atoms with Crippen LogP contribution in [-0.2, 0) is 16.0 Å². The van der Waals surface area contributed by atoms with Gasteiger partial charge >= 0.3 is 5.97 Å². The van der Waals surface area contributed by atoms with Gasteiger partial charge < -0.3 is 14.5 Å².